The maximum absolute atomic E-state index is 11.6. The molecule has 1 heterocycles. The van der Waals surface area contributed by atoms with Crippen LogP contribution in [0.4, 0.5) is 5.69 Å². The molecule has 2 aromatic rings. The van der Waals surface area contributed by atoms with E-state index in [1.165, 1.54) is 17.8 Å². The van der Waals surface area contributed by atoms with E-state index < -0.39 is 0 Å². The Hall–Kier alpha value is -1.75. The molecule has 18 heavy (non-hydrogen) atoms. The first-order valence-corrected chi connectivity index (χ1v) is 6.51. The summed E-state index contributed by atoms with van der Waals surface area (Å²) >= 11 is 1.40. The highest BCUT2D eigenvalue weighted by Crippen LogP contribution is 2.30. The summed E-state index contributed by atoms with van der Waals surface area (Å²) in [5, 5.41) is 0.667. The van der Waals surface area contributed by atoms with Crippen molar-refractivity contribution < 1.29 is 0 Å². The maximum Gasteiger partial charge on any atom is 0.252 e. The smallest absolute Gasteiger partial charge is 0.252 e. The Bertz CT molecular complexity index is 607. The zero-order valence-electron chi connectivity index (χ0n) is 10.3. The fourth-order valence-corrected chi connectivity index (χ4v) is 2.33. The molecule has 0 aliphatic rings. The standard InChI is InChI=1S/C13H15N3OS/c1-8(2)13-15-11(17)7-12(16-13)18-10-6-4-3-5-9(10)14/h3-8H,14H2,1-2H3,(H,15,16,17). The predicted molar refractivity (Wildman–Crippen MR) is 73.9 cm³/mol. The summed E-state index contributed by atoms with van der Waals surface area (Å²) in [4.78, 5) is 19.6. The topological polar surface area (TPSA) is 71.8 Å². The van der Waals surface area contributed by atoms with Crippen LogP contribution >= 0.6 is 11.8 Å². The number of hydrogen-bond acceptors (Lipinski definition) is 4. The number of hydrogen-bond donors (Lipinski definition) is 2. The van der Waals surface area contributed by atoms with Crippen LogP contribution in [-0.2, 0) is 0 Å². The van der Waals surface area contributed by atoms with Gasteiger partial charge >= 0.3 is 0 Å². The predicted octanol–water partition coefficient (Wildman–Crippen LogP) is 2.63. The molecule has 4 nitrogen and oxygen atoms in total. The number of H-pyrrole nitrogens is 1. The summed E-state index contributed by atoms with van der Waals surface area (Å²) < 4.78 is 0. The number of aromatic amines is 1. The number of nitrogen functional groups attached to an aromatic ring is 1. The monoisotopic (exact) mass is 261 g/mol. The Labute approximate surface area is 110 Å². The number of aromatic nitrogens is 2. The number of anilines is 1. The van der Waals surface area contributed by atoms with E-state index in [0.717, 1.165) is 4.90 Å². The molecule has 0 aliphatic carbocycles. The van der Waals surface area contributed by atoms with Gasteiger partial charge in [-0.3, -0.25) is 4.79 Å². The van der Waals surface area contributed by atoms with Gasteiger partial charge < -0.3 is 10.7 Å². The molecule has 0 atom stereocenters. The van der Waals surface area contributed by atoms with Crippen LogP contribution in [0.3, 0.4) is 0 Å². The molecule has 0 saturated carbocycles. The van der Waals surface area contributed by atoms with Crippen molar-refractivity contribution in [3.8, 4) is 0 Å². The van der Waals surface area contributed by atoms with Gasteiger partial charge in [0.25, 0.3) is 5.56 Å². The summed E-state index contributed by atoms with van der Waals surface area (Å²) in [7, 11) is 0. The molecule has 0 spiro atoms. The van der Waals surface area contributed by atoms with Gasteiger partial charge in [-0.1, -0.05) is 37.7 Å². The Morgan fingerprint density at radius 3 is 2.72 bits per heavy atom. The van der Waals surface area contributed by atoms with Crippen molar-refractivity contribution in [2.75, 3.05) is 5.73 Å². The van der Waals surface area contributed by atoms with Gasteiger partial charge in [0.05, 0.1) is 0 Å². The molecule has 94 valence electrons. The highest BCUT2D eigenvalue weighted by atomic mass is 32.2. The first-order chi connectivity index (χ1) is 8.56. The van der Waals surface area contributed by atoms with E-state index in [1.807, 2.05) is 38.1 Å². The first-order valence-electron chi connectivity index (χ1n) is 5.70. The van der Waals surface area contributed by atoms with Gasteiger partial charge in [-0.15, -0.1) is 0 Å². The lowest BCUT2D eigenvalue weighted by Crippen LogP contribution is -2.11. The van der Waals surface area contributed by atoms with Gasteiger partial charge in [-0.2, -0.15) is 0 Å². The van der Waals surface area contributed by atoms with Crippen molar-refractivity contribution >= 4 is 17.4 Å². The SMILES string of the molecule is CC(C)c1nc(Sc2ccccc2N)cc(=O)[nH]1. The van der Waals surface area contributed by atoms with E-state index in [2.05, 4.69) is 9.97 Å². The molecule has 0 fully saturated rings. The van der Waals surface area contributed by atoms with Gasteiger partial charge in [0, 0.05) is 22.6 Å². The number of nitrogens with one attached hydrogen (secondary N) is 1. The van der Waals surface area contributed by atoms with Crippen LogP contribution in [0.5, 0.6) is 0 Å². The lowest BCUT2D eigenvalue weighted by Gasteiger charge is -2.07. The second kappa shape index (κ2) is 5.27. The number of rotatable bonds is 3. The summed E-state index contributed by atoms with van der Waals surface area (Å²) in [5.74, 6) is 0.880. The number of nitrogens with two attached hydrogens (primary N) is 1. The zero-order chi connectivity index (χ0) is 13.1. The van der Waals surface area contributed by atoms with Crippen molar-refractivity contribution in [1.82, 2.24) is 9.97 Å². The normalized spacial score (nSPS) is 10.8. The second-order valence-corrected chi connectivity index (χ2v) is 5.33. The molecule has 5 heteroatoms. The average molecular weight is 261 g/mol. The van der Waals surface area contributed by atoms with Crippen molar-refractivity contribution in [3.05, 3.63) is 46.5 Å². The van der Waals surface area contributed by atoms with Crippen LogP contribution in [0.15, 0.2) is 45.0 Å². The number of benzene rings is 1. The van der Waals surface area contributed by atoms with E-state index in [9.17, 15) is 4.79 Å². The summed E-state index contributed by atoms with van der Waals surface area (Å²) in [6.07, 6.45) is 0. The molecule has 3 N–H and O–H groups in total. The first kappa shape index (κ1) is 12.7. The Morgan fingerprint density at radius 1 is 1.33 bits per heavy atom. The molecule has 1 aromatic carbocycles. The van der Waals surface area contributed by atoms with Crippen LogP contribution in [0.1, 0.15) is 25.6 Å². The molecule has 0 bridgehead atoms. The molecular weight excluding hydrogens is 246 g/mol. The minimum Gasteiger partial charge on any atom is -0.398 e. The van der Waals surface area contributed by atoms with Gasteiger partial charge in [0.1, 0.15) is 10.9 Å². The number of para-hydroxylation sites is 1. The van der Waals surface area contributed by atoms with Gasteiger partial charge in [0.2, 0.25) is 0 Å². The van der Waals surface area contributed by atoms with E-state index in [1.54, 1.807) is 0 Å². The van der Waals surface area contributed by atoms with Crippen LogP contribution in [-0.4, -0.2) is 9.97 Å². The largest absolute Gasteiger partial charge is 0.398 e. The Morgan fingerprint density at radius 2 is 2.06 bits per heavy atom. The van der Waals surface area contributed by atoms with Crippen molar-refractivity contribution in [2.45, 2.75) is 29.7 Å². The Kier molecular flexibility index (Phi) is 3.72. The summed E-state index contributed by atoms with van der Waals surface area (Å²) in [6, 6.07) is 9.03. The molecule has 2 rings (SSSR count). The van der Waals surface area contributed by atoms with Crippen LogP contribution in [0.2, 0.25) is 0 Å². The van der Waals surface area contributed by atoms with Gasteiger partial charge in [-0.25, -0.2) is 4.98 Å². The molecule has 0 saturated heterocycles. The summed E-state index contributed by atoms with van der Waals surface area (Å²) in [6.45, 7) is 3.98. The third kappa shape index (κ3) is 2.92. The minimum atomic E-state index is -0.134. The lowest BCUT2D eigenvalue weighted by molar-refractivity contribution is 0.744. The highest BCUT2D eigenvalue weighted by molar-refractivity contribution is 7.99. The minimum absolute atomic E-state index is 0.134. The van der Waals surface area contributed by atoms with E-state index in [0.29, 0.717) is 16.5 Å². The zero-order valence-corrected chi connectivity index (χ0v) is 11.1. The van der Waals surface area contributed by atoms with E-state index in [-0.39, 0.29) is 11.5 Å². The highest BCUT2D eigenvalue weighted by Gasteiger charge is 2.07. The van der Waals surface area contributed by atoms with E-state index in [4.69, 9.17) is 5.73 Å². The van der Waals surface area contributed by atoms with Gasteiger partial charge in [0.15, 0.2) is 0 Å². The lowest BCUT2D eigenvalue weighted by atomic mass is 10.2. The van der Waals surface area contributed by atoms with E-state index >= 15 is 0 Å². The Balaban J connectivity index is 2.35. The average Bonchev–Trinajstić information content (AvgIpc) is 2.31. The van der Waals surface area contributed by atoms with Crippen LogP contribution in [0.25, 0.3) is 0 Å². The third-order valence-corrected chi connectivity index (χ3v) is 3.43. The molecule has 0 amide bonds. The van der Waals surface area contributed by atoms with Crippen LogP contribution < -0.4 is 11.3 Å². The molecule has 0 radical (unpaired) electrons. The molecule has 0 unspecified atom stereocenters. The third-order valence-electron chi connectivity index (χ3n) is 2.42. The summed E-state index contributed by atoms with van der Waals surface area (Å²) in [5.41, 5.74) is 6.43. The van der Waals surface area contributed by atoms with Crippen molar-refractivity contribution in [1.29, 1.82) is 0 Å². The van der Waals surface area contributed by atoms with Crippen molar-refractivity contribution in [2.24, 2.45) is 0 Å². The van der Waals surface area contributed by atoms with Gasteiger partial charge in [-0.05, 0) is 12.1 Å². The fourth-order valence-electron chi connectivity index (χ4n) is 1.47. The maximum atomic E-state index is 11.6. The van der Waals surface area contributed by atoms with Crippen molar-refractivity contribution in [3.63, 3.8) is 0 Å². The second-order valence-electron chi connectivity index (χ2n) is 4.26. The van der Waals surface area contributed by atoms with Crippen LogP contribution in [0, 0.1) is 0 Å². The molecule has 0 aliphatic heterocycles. The quantitative estimate of drug-likeness (QED) is 0.658. The molecule has 1 aromatic heterocycles. The number of nitrogens with zero attached hydrogens (tertiary/aromatic N) is 1. The molecular formula is C13H15N3OS. The fraction of sp³-hybridized carbons (Fsp3) is 0.231.